The van der Waals surface area contributed by atoms with Gasteiger partial charge in [-0.1, -0.05) is 0 Å². The van der Waals surface area contributed by atoms with E-state index in [0.717, 1.165) is 0 Å². The molecule has 5 unspecified atom stereocenters. The summed E-state index contributed by atoms with van der Waals surface area (Å²) in [5.41, 5.74) is 0.188. The van der Waals surface area contributed by atoms with Crippen LogP contribution < -0.4 is 19.6 Å². The van der Waals surface area contributed by atoms with Crippen molar-refractivity contribution < 1.29 is 48.9 Å². The Morgan fingerprint density at radius 2 is 1.65 bits per heavy atom. The summed E-state index contributed by atoms with van der Waals surface area (Å²) in [6.07, 6.45) is -7.24. The molecule has 0 spiro atoms. The van der Waals surface area contributed by atoms with E-state index in [1.807, 2.05) is 0 Å². The van der Waals surface area contributed by atoms with E-state index in [4.69, 9.17) is 23.4 Å². The van der Waals surface area contributed by atoms with Crippen molar-refractivity contribution in [2.24, 2.45) is 0 Å². The quantitative estimate of drug-likeness (QED) is 0.333. The van der Waals surface area contributed by atoms with Crippen LogP contribution in [0.4, 0.5) is 0 Å². The van der Waals surface area contributed by atoms with Crippen LogP contribution in [0, 0.1) is 0 Å². The molecule has 0 radical (unpaired) electrons. The van der Waals surface area contributed by atoms with Gasteiger partial charge >= 0.3 is 0 Å². The maximum atomic E-state index is 12.7. The maximum absolute atomic E-state index is 12.7. The van der Waals surface area contributed by atoms with Gasteiger partial charge in [0.2, 0.25) is 6.29 Å². The van der Waals surface area contributed by atoms with Crippen molar-refractivity contribution in [3.8, 4) is 34.3 Å². The molecule has 2 aromatic carbocycles. The van der Waals surface area contributed by atoms with Crippen molar-refractivity contribution in [1.29, 1.82) is 0 Å². The monoisotopic (exact) mass is 476 g/mol. The Morgan fingerprint density at radius 3 is 2.32 bits per heavy atom. The number of benzene rings is 2. The lowest BCUT2D eigenvalue weighted by atomic mass is 9.99. The van der Waals surface area contributed by atoms with Crippen LogP contribution in [0.5, 0.6) is 23.0 Å². The van der Waals surface area contributed by atoms with Crippen LogP contribution in [-0.2, 0) is 4.74 Å². The normalized spacial score (nSPS) is 24.7. The smallest absolute Gasteiger partial charge is 0.229 e. The molecule has 1 fully saturated rings. The molecule has 11 nitrogen and oxygen atoms in total. The van der Waals surface area contributed by atoms with E-state index in [1.54, 1.807) is 6.07 Å². The second kappa shape index (κ2) is 9.49. The van der Waals surface area contributed by atoms with Gasteiger partial charge in [-0.2, -0.15) is 0 Å². The molecular weight excluding hydrogens is 452 g/mol. The minimum Gasteiger partial charge on any atom is -0.508 e. The van der Waals surface area contributed by atoms with Gasteiger partial charge in [0.05, 0.1) is 20.8 Å². The first-order valence-electron chi connectivity index (χ1n) is 10.3. The van der Waals surface area contributed by atoms with Crippen molar-refractivity contribution in [3.05, 3.63) is 46.6 Å². The second-order valence-corrected chi connectivity index (χ2v) is 7.68. The van der Waals surface area contributed by atoms with Gasteiger partial charge in [-0.25, -0.2) is 0 Å². The molecule has 0 amide bonds. The van der Waals surface area contributed by atoms with Gasteiger partial charge in [-0.15, -0.1) is 0 Å². The Labute approximate surface area is 192 Å². The first kappa shape index (κ1) is 23.8. The molecule has 0 saturated carbocycles. The lowest BCUT2D eigenvalue weighted by Crippen LogP contribution is -2.60. The van der Waals surface area contributed by atoms with E-state index in [-0.39, 0.29) is 45.2 Å². The van der Waals surface area contributed by atoms with Gasteiger partial charge in [0.15, 0.2) is 16.9 Å². The summed E-state index contributed by atoms with van der Waals surface area (Å²) in [5, 5.41) is 49.5. The third-order valence-corrected chi connectivity index (χ3v) is 5.54. The molecule has 1 saturated heterocycles. The Balaban J connectivity index is 1.68. The number of rotatable bonds is 6. The average molecular weight is 476 g/mol. The van der Waals surface area contributed by atoms with Crippen molar-refractivity contribution >= 4 is 11.0 Å². The second-order valence-electron chi connectivity index (χ2n) is 7.68. The van der Waals surface area contributed by atoms with Crippen LogP contribution >= 0.6 is 0 Å². The van der Waals surface area contributed by atoms with E-state index in [0.29, 0.717) is 5.56 Å². The number of phenols is 1. The fraction of sp³-hybridized carbons (Fsp3) is 0.348. The summed E-state index contributed by atoms with van der Waals surface area (Å²) in [6.45, 7) is -0.595. The molecule has 3 aromatic rings. The van der Waals surface area contributed by atoms with Crippen molar-refractivity contribution in [1.82, 2.24) is 0 Å². The van der Waals surface area contributed by atoms with Crippen molar-refractivity contribution in [2.75, 3.05) is 20.8 Å². The van der Waals surface area contributed by atoms with Crippen LogP contribution in [0.25, 0.3) is 22.3 Å². The van der Waals surface area contributed by atoms with Crippen molar-refractivity contribution in [2.45, 2.75) is 30.7 Å². The number of aliphatic hydroxyl groups is 4. The fourth-order valence-corrected chi connectivity index (χ4v) is 3.75. The van der Waals surface area contributed by atoms with E-state index in [2.05, 4.69) is 0 Å². The molecule has 4 rings (SSSR count). The zero-order chi connectivity index (χ0) is 24.6. The number of hydrogen-bond acceptors (Lipinski definition) is 11. The Morgan fingerprint density at radius 1 is 0.912 bits per heavy atom. The summed E-state index contributed by atoms with van der Waals surface area (Å²) in [5.74, 6) is 0.535. The van der Waals surface area contributed by atoms with Gasteiger partial charge in [0, 0.05) is 23.8 Å². The molecule has 0 aliphatic carbocycles. The summed E-state index contributed by atoms with van der Waals surface area (Å²) in [4.78, 5) is 12.7. The van der Waals surface area contributed by atoms with Crippen LogP contribution in [0.1, 0.15) is 0 Å². The topological polar surface area (TPSA) is 168 Å². The molecule has 182 valence electrons. The Hall–Kier alpha value is -3.35. The van der Waals surface area contributed by atoms with Gasteiger partial charge < -0.3 is 48.9 Å². The van der Waals surface area contributed by atoms with E-state index >= 15 is 0 Å². The summed E-state index contributed by atoms with van der Waals surface area (Å²) in [6, 6.07) is 8.44. The van der Waals surface area contributed by atoms with Crippen LogP contribution in [0.2, 0.25) is 0 Å². The number of aromatic hydroxyl groups is 1. The predicted molar refractivity (Wildman–Crippen MR) is 117 cm³/mol. The molecule has 34 heavy (non-hydrogen) atoms. The largest absolute Gasteiger partial charge is 0.508 e. The third-order valence-electron chi connectivity index (χ3n) is 5.54. The van der Waals surface area contributed by atoms with Crippen molar-refractivity contribution in [3.63, 3.8) is 0 Å². The first-order chi connectivity index (χ1) is 16.3. The first-order valence-corrected chi connectivity index (χ1v) is 10.3. The predicted octanol–water partition coefficient (Wildman–Crippen LogP) is 0.361. The fourth-order valence-electron chi connectivity index (χ4n) is 3.75. The van der Waals surface area contributed by atoms with Crippen LogP contribution in [0.15, 0.2) is 45.6 Å². The SMILES string of the molecule is COc1cc(-c2cc(=O)c3c(OC)cc(O)cc3o2)ccc1OC1OC(CO)C(O)C(O)C1O. The van der Waals surface area contributed by atoms with Gasteiger partial charge in [-0.05, 0) is 18.2 Å². The molecule has 0 bridgehead atoms. The lowest BCUT2D eigenvalue weighted by Gasteiger charge is -2.39. The minimum atomic E-state index is -1.60. The van der Waals surface area contributed by atoms with Crippen LogP contribution in [-0.4, -0.2) is 77.1 Å². The minimum absolute atomic E-state index is 0.123. The highest BCUT2D eigenvalue weighted by Gasteiger charge is 2.45. The Bertz CT molecular complexity index is 1240. The highest BCUT2D eigenvalue weighted by molar-refractivity contribution is 5.86. The molecule has 1 aliphatic rings. The van der Waals surface area contributed by atoms with E-state index in [1.165, 1.54) is 44.6 Å². The summed E-state index contributed by atoms with van der Waals surface area (Å²) in [7, 11) is 2.75. The molecule has 1 aliphatic heterocycles. The zero-order valence-corrected chi connectivity index (χ0v) is 18.2. The molecule has 5 atom stereocenters. The summed E-state index contributed by atoms with van der Waals surface area (Å²) < 4.78 is 27.4. The Kier molecular flexibility index (Phi) is 6.64. The number of ether oxygens (including phenoxy) is 4. The number of phenolic OH excluding ortho intramolecular Hbond substituents is 1. The van der Waals surface area contributed by atoms with E-state index < -0.39 is 37.3 Å². The van der Waals surface area contributed by atoms with Crippen LogP contribution in [0.3, 0.4) is 0 Å². The standard InChI is InChI=1S/C23H24O11/c1-30-15-5-10(14-8-12(26)19-16(31-2)6-11(25)7-17(19)32-14)3-4-13(15)33-23-22(29)21(28)20(27)18(9-24)34-23/h3-8,18,20-25,27-29H,9H2,1-2H3. The average Bonchev–Trinajstić information content (AvgIpc) is 2.83. The van der Waals surface area contributed by atoms with Gasteiger partial charge in [0.25, 0.3) is 0 Å². The third kappa shape index (κ3) is 4.27. The molecule has 1 aromatic heterocycles. The van der Waals surface area contributed by atoms with Gasteiger partial charge in [0.1, 0.15) is 52.6 Å². The molecule has 5 N–H and O–H groups in total. The molecule has 2 heterocycles. The molecular formula is C23H24O11. The van der Waals surface area contributed by atoms with Gasteiger partial charge in [-0.3, -0.25) is 4.79 Å². The highest BCUT2D eigenvalue weighted by atomic mass is 16.7. The zero-order valence-electron chi connectivity index (χ0n) is 18.2. The number of fused-ring (bicyclic) bond motifs is 1. The molecule has 11 heteroatoms. The van der Waals surface area contributed by atoms with E-state index in [9.17, 15) is 30.3 Å². The summed E-state index contributed by atoms with van der Waals surface area (Å²) >= 11 is 0. The number of methoxy groups -OCH3 is 2. The number of hydrogen-bond donors (Lipinski definition) is 5. The highest BCUT2D eigenvalue weighted by Crippen LogP contribution is 2.36. The lowest BCUT2D eigenvalue weighted by molar-refractivity contribution is -0.277. The maximum Gasteiger partial charge on any atom is 0.229 e. The number of aliphatic hydroxyl groups excluding tert-OH is 4.